The molecule has 4 nitrogen and oxygen atoms in total. The van der Waals surface area contributed by atoms with Crippen LogP contribution >= 0.6 is 0 Å². The molecule has 2 rings (SSSR count). The molecule has 0 aliphatic carbocycles. The third kappa shape index (κ3) is 3.95. The van der Waals surface area contributed by atoms with Gasteiger partial charge in [-0.25, -0.2) is 0 Å². The third-order valence-corrected chi connectivity index (χ3v) is 3.27. The second kappa shape index (κ2) is 7.09. The number of rotatable bonds is 6. The average Bonchev–Trinajstić information content (AvgIpc) is 2.96. The first-order valence-electron chi connectivity index (χ1n) is 7.16. The highest BCUT2D eigenvalue weighted by Gasteiger charge is 2.20. The Kier molecular flexibility index (Phi) is 5.17. The fourth-order valence-corrected chi connectivity index (χ4v) is 2.33. The summed E-state index contributed by atoms with van der Waals surface area (Å²) in [6, 6.07) is 11.1. The normalized spacial score (nSPS) is 12.4. The van der Waals surface area contributed by atoms with Gasteiger partial charge in [0.15, 0.2) is 5.76 Å². The van der Waals surface area contributed by atoms with Crippen molar-refractivity contribution in [3.05, 3.63) is 48.4 Å². The molecule has 2 N–H and O–H groups in total. The molecule has 1 aromatic carbocycles. The predicted molar refractivity (Wildman–Crippen MR) is 81.9 cm³/mol. The zero-order chi connectivity index (χ0) is 15.2. The molecule has 0 spiro atoms. The largest absolute Gasteiger partial charge is 0.459 e. The summed E-state index contributed by atoms with van der Waals surface area (Å²) >= 11 is 0. The molecule has 1 aromatic heterocycles. The van der Waals surface area contributed by atoms with Gasteiger partial charge >= 0.3 is 0 Å². The molecule has 21 heavy (non-hydrogen) atoms. The van der Waals surface area contributed by atoms with Crippen LogP contribution in [0.1, 0.15) is 30.8 Å². The highest BCUT2D eigenvalue weighted by Crippen LogP contribution is 2.24. The summed E-state index contributed by atoms with van der Waals surface area (Å²) in [5, 5.41) is 12.2. The number of furan rings is 1. The average molecular weight is 287 g/mol. The summed E-state index contributed by atoms with van der Waals surface area (Å²) in [5.41, 5.74) is 1.69. The van der Waals surface area contributed by atoms with Crippen molar-refractivity contribution in [2.24, 2.45) is 5.92 Å². The summed E-state index contributed by atoms with van der Waals surface area (Å²) in [6.45, 7) is 4.03. The molecule has 1 heterocycles. The van der Waals surface area contributed by atoms with Crippen molar-refractivity contribution in [2.75, 3.05) is 6.61 Å². The van der Waals surface area contributed by atoms with Gasteiger partial charge in [0, 0.05) is 5.56 Å². The minimum atomic E-state index is -0.293. The van der Waals surface area contributed by atoms with E-state index in [-0.39, 0.29) is 24.3 Å². The summed E-state index contributed by atoms with van der Waals surface area (Å²) in [6.07, 6.45) is 2.23. The van der Waals surface area contributed by atoms with E-state index < -0.39 is 0 Å². The van der Waals surface area contributed by atoms with E-state index in [0.29, 0.717) is 5.92 Å². The van der Waals surface area contributed by atoms with Crippen molar-refractivity contribution < 1.29 is 14.3 Å². The van der Waals surface area contributed by atoms with Crippen LogP contribution in [0.2, 0.25) is 0 Å². The lowest BCUT2D eigenvalue weighted by Gasteiger charge is -2.17. The van der Waals surface area contributed by atoms with Gasteiger partial charge in [0.2, 0.25) is 0 Å². The zero-order valence-corrected chi connectivity index (χ0v) is 12.4. The highest BCUT2D eigenvalue weighted by molar-refractivity contribution is 5.98. The Hall–Kier alpha value is -2.07. The van der Waals surface area contributed by atoms with Crippen molar-refractivity contribution in [1.29, 1.82) is 0 Å². The molecule has 0 bridgehead atoms. The monoisotopic (exact) mass is 287 g/mol. The molecule has 4 heteroatoms. The molecule has 0 radical (unpaired) electrons. The molecule has 2 aromatic rings. The maximum absolute atomic E-state index is 12.3. The standard InChI is InChI=1S/C17H21NO3/c1-12(2)10-14(11-19)18-17(20)16-15(8-9-21-16)13-6-4-3-5-7-13/h3-9,12,14,19H,10-11H2,1-2H3,(H,18,20). The van der Waals surface area contributed by atoms with Crippen LogP contribution in [0.15, 0.2) is 47.1 Å². The van der Waals surface area contributed by atoms with Gasteiger partial charge in [-0.1, -0.05) is 44.2 Å². The van der Waals surface area contributed by atoms with Gasteiger partial charge in [-0.05, 0) is 24.0 Å². The first-order chi connectivity index (χ1) is 10.1. The fourth-order valence-electron chi connectivity index (χ4n) is 2.33. The van der Waals surface area contributed by atoms with Crippen LogP contribution in [0, 0.1) is 5.92 Å². The lowest BCUT2D eigenvalue weighted by molar-refractivity contribution is 0.0881. The Morgan fingerprint density at radius 1 is 1.24 bits per heavy atom. The van der Waals surface area contributed by atoms with E-state index in [1.54, 1.807) is 6.07 Å². The molecule has 1 atom stereocenters. The second-order valence-corrected chi connectivity index (χ2v) is 5.51. The van der Waals surface area contributed by atoms with E-state index in [0.717, 1.165) is 17.5 Å². The number of hydrogen-bond acceptors (Lipinski definition) is 3. The van der Waals surface area contributed by atoms with E-state index in [2.05, 4.69) is 19.2 Å². The van der Waals surface area contributed by atoms with Crippen molar-refractivity contribution in [1.82, 2.24) is 5.32 Å². The van der Waals surface area contributed by atoms with Crippen molar-refractivity contribution in [2.45, 2.75) is 26.3 Å². The van der Waals surface area contributed by atoms with Gasteiger partial charge in [0.1, 0.15) is 0 Å². The quantitative estimate of drug-likeness (QED) is 0.858. The van der Waals surface area contributed by atoms with Crippen LogP contribution in [-0.4, -0.2) is 23.7 Å². The van der Waals surface area contributed by atoms with Crippen molar-refractivity contribution >= 4 is 5.91 Å². The number of aliphatic hydroxyl groups is 1. The highest BCUT2D eigenvalue weighted by atomic mass is 16.3. The molecule has 0 fully saturated rings. The second-order valence-electron chi connectivity index (χ2n) is 5.51. The van der Waals surface area contributed by atoms with Crippen LogP contribution in [0.4, 0.5) is 0 Å². The number of amides is 1. The predicted octanol–water partition coefficient (Wildman–Crippen LogP) is 3.08. The SMILES string of the molecule is CC(C)CC(CO)NC(=O)c1occc1-c1ccccc1. The number of aliphatic hydroxyl groups excluding tert-OH is 1. The number of carbonyl (C=O) groups is 1. The Labute approximate surface area is 124 Å². The van der Waals surface area contributed by atoms with Gasteiger partial charge in [0.25, 0.3) is 5.91 Å². The number of nitrogens with one attached hydrogen (secondary N) is 1. The van der Waals surface area contributed by atoms with Crippen LogP contribution in [0.25, 0.3) is 11.1 Å². The Balaban J connectivity index is 2.15. The van der Waals surface area contributed by atoms with Crippen molar-refractivity contribution in [3.63, 3.8) is 0 Å². The maximum Gasteiger partial charge on any atom is 0.287 e. The van der Waals surface area contributed by atoms with Gasteiger partial charge in [-0.15, -0.1) is 0 Å². The van der Waals surface area contributed by atoms with Crippen molar-refractivity contribution in [3.8, 4) is 11.1 Å². The molecule has 112 valence electrons. The summed E-state index contributed by atoms with van der Waals surface area (Å²) in [4.78, 5) is 12.3. The van der Waals surface area contributed by atoms with Crippen LogP contribution in [-0.2, 0) is 0 Å². The summed E-state index contributed by atoms with van der Waals surface area (Å²) < 4.78 is 5.34. The van der Waals surface area contributed by atoms with E-state index >= 15 is 0 Å². The minimum absolute atomic E-state index is 0.0781. The first-order valence-corrected chi connectivity index (χ1v) is 7.16. The molecule has 0 saturated heterocycles. The Morgan fingerprint density at radius 2 is 1.95 bits per heavy atom. The van der Waals surface area contributed by atoms with E-state index in [1.165, 1.54) is 6.26 Å². The zero-order valence-electron chi connectivity index (χ0n) is 12.4. The minimum Gasteiger partial charge on any atom is -0.459 e. The fraction of sp³-hybridized carbons (Fsp3) is 0.353. The topological polar surface area (TPSA) is 62.5 Å². The lowest BCUT2D eigenvalue weighted by Crippen LogP contribution is -2.38. The summed E-state index contributed by atoms with van der Waals surface area (Å²) in [5.74, 6) is 0.384. The van der Waals surface area contributed by atoms with Crippen LogP contribution in [0.5, 0.6) is 0 Å². The smallest absolute Gasteiger partial charge is 0.287 e. The first kappa shape index (κ1) is 15.3. The number of hydrogen-bond donors (Lipinski definition) is 2. The molecular weight excluding hydrogens is 266 g/mol. The van der Waals surface area contributed by atoms with Gasteiger partial charge in [0.05, 0.1) is 18.9 Å². The molecule has 1 amide bonds. The number of benzene rings is 1. The van der Waals surface area contributed by atoms with Gasteiger partial charge in [-0.3, -0.25) is 4.79 Å². The van der Waals surface area contributed by atoms with E-state index in [4.69, 9.17) is 4.42 Å². The third-order valence-electron chi connectivity index (χ3n) is 3.27. The van der Waals surface area contributed by atoms with E-state index in [9.17, 15) is 9.90 Å². The maximum atomic E-state index is 12.3. The molecule has 1 unspecified atom stereocenters. The summed E-state index contributed by atoms with van der Waals surface area (Å²) in [7, 11) is 0. The molecule has 0 saturated carbocycles. The molecular formula is C17H21NO3. The van der Waals surface area contributed by atoms with Gasteiger partial charge < -0.3 is 14.8 Å². The van der Waals surface area contributed by atoms with Gasteiger partial charge in [-0.2, -0.15) is 0 Å². The Bertz CT molecular complexity index is 575. The molecule has 0 aliphatic heterocycles. The Morgan fingerprint density at radius 3 is 2.57 bits per heavy atom. The lowest BCUT2D eigenvalue weighted by atomic mass is 10.0. The van der Waals surface area contributed by atoms with Crippen LogP contribution in [0.3, 0.4) is 0 Å². The number of carbonyl (C=O) groups excluding carboxylic acids is 1. The van der Waals surface area contributed by atoms with E-state index in [1.807, 2.05) is 30.3 Å². The van der Waals surface area contributed by atoms with Crippen LogP contribution < -0.4 is 5.32 Å². The molecule has 0 aliphatic rings.